The van der Waals surface area contributed by atoms with Crippen LogP contribution in [0.2, 0.25) is 0 Å². The predicted octanol–water partition coefficient (Wildman–Crippen LogP) is 4.04. The number of fused-ring (bicyclic) bond motifs is 2. The van der Waals surface area contributed by atoms with Gasteiger partial charge in [0.1, 0.15) is 0 Å². The van der Waals surface area contributed by atoms with Gasteiger partial charge in [-0.05, 0) is 29.2 Å². The number of nitrogens with one attached hydrogen (secondary N) is 1. The second-order valence-electron chi connectivity index (χ2n) is 7.65. The summed E-state index contributed by atoms with van der Waals surface area (Å²) in [5, 5.41) is 2.81. The fraction of sp³-hybridized carbons (Fsp3) is 0.385. The summed E-state index contributed by atoms with van der Waals surface area (Å²) >= 11 is 0. The molecule has 2 aromatic carbocycles. The van der Waals surface area contributed by atoms with Crippen molar-refractivity contribution in [2.75, 3.05) is 37.9 Å². The second-order valence-corrected chi connectivity index (χ2v) is 7.65. The van der Waals surface area contributed by atoms with E-state index in [0.29, 0.717) is 32.9 Å². The smallest absolute Gasteiger partial charge is 0.227 e. The summed E-state index contributed by atoms with van der Waals surface area (Å²) in [6, 6.07) is 15.9. The van der Waals surface area contributed by atoms with Gasteiger partial charge in [0.2, 0.25) is 11.8 Å². The minimum Gasteiger partial charge on any atom is -0.379 e. The van der Waals surface area contributed by atoms with E-state index in [-0.39, 0.29) is 24.7 Å². The lowest BCUT2D eigenvalue weighted by atomic mass is 10.0. The highest BCUT2D eigenvalue weighted by Crippen LogP contribution is 2.29. The maximum atomic E-state index is 13.1. The van der Waals surface area contributed by atoms with Gasteiger partial charge in [0.05, 0.1) is 32.1 Å². The molecule has 32 heavy (non-hydrogen) atoms. The summed E-state index contributed by atoms with van der Waals surface area (Å²) < 4.78 is 10.8. The summed E-state index contributed by atoms with van der Waals surface area (Å²) in [6.07, 6.45) is 5.41. The van der Waals surface area contributed by atoms with Gasteiger partial charge in [-0.25, -0.2) is 0 Å². The van der Waals surface area contributed by atoms with Crippen molar-refractivity contribution >= 4 is 29.7 Å². The summed E-state index contributed by atoms with van der Waals surface area (Å²) in [4.78, 5) is 27.1. The molecule has 0 radical (unpaired) electrons. The standard InChI is InChI=1S/C26H32N2O4/c1-2-16-31-18-19-32-17-15-27-25(29)13-14-26(30)28-20-23-9-4-3-7-21(23)11-12-22-8-5-6-10-24(22)28/h3-12H,2,13-20H2,1H3,(H,27,29)/b12-11-. The van der Waals surface area contributed by atoms with Crippen molar-refractivity contribution in [2.24, 2.45) is 0 Å². The molecule has 6 nitrogen and oxygen atoms in total. The number of amides is 2. The Morgan fingerprint density at radius 2 is 1.56 bits per heavy atom. The van der Waals surface area contributed by atoms with Crippen LogP contribution < -0.4 is 10.2 Å². The molecular weight excluding hydrogens is 404 g/mol. The lowest BCUT2D eigenvalue weighted by Crippen LogP contribution is -2.33. The lowest BCUT2D eigenvalue weighted by Gasteiger charge is -2.27. The molecule has 170 valence electrons. The van der Waals surface area contributed by atoms with E-state index in [1.54, 1.807) is 4.90 Å². The molecule has 2 amide bonds. The monoisotopic (exact) mass is 436 g/mol. The summed E-state index contributed by atoms with van der Waals surface area (Å²) in [5.41, 5.74) is 4.02. The Hall–Kier alpha value is -2.96. The topological polar surface area (TPSA) is 67.9 Å². The zero-order valence-electron chi connectivity index (χ0n) is 18.7. The van der Waals surface area contributed by atoms with Crippen molar-refractivity contribution in [3.63, 3.8) is 0 Å². The minimum absolute atomic E-state index is 0.0676. The molecule has 0 atom stereocenters. The Labute approximate surface area is 190 Å². The van der Waals surface area contributed by atoms with Crippen LogP contribution in [0.1, 0.15) is 42.9 Å². The Morgan fingerprint density at radius 3 is 2.38 bits per heavy atom. The third-order valence-electron chi connectivity index (χ3n) is 5.21. The van der Waals surface area contributed by atoms with Crippen molar-refractivity contribution < 1.29 is 19.1 Å². The molecule has 6 heteroatoms. The van der Waals surface area contributed by atoms with E-state index >= 15 is 0 Å². The largest absolute Gasteiger partial charge is 0.379 e. The maximum Gasteiger partial charge on any atom is 0.227 e. The zero-order valence-corrected chi connectivity index (χ0v) is 18.7. The van der Waals surface area contributed by atoms with Crippen LogP contribution >= 0.6 is 0 Å². The van der Waals surface area contributed by atoms with Crippen LogP contribution in [0.25, 0.3) is 12.2 Å². The van der Waals surface area contributed by atoms with Gasteiger partial charge in [0, 0.05) is 26.0 Å². The van der Waals surface area contributed by atoms with Gasteiger partial charge in [0.25, 0.3) is 0 Å². The van der Waals surface area contributed by atoms with Gasteiger partial charge in [-0.2, -0.15) is 0 Å². The van der Waals surface area contributed by atoms with E-state index in [1.165, 1.54) is 0 Å². The molecule has 0 spiro atoms. The third-order valence-corrected chi connectivity index (χ3v) is 5.21. The van der Waals surface area contributed by atoms with E-state index in [1.807, 2.05) is 54.6 Å². The third kappa shape index (κ3) is 7.04. The van der Waals surface area contributed by atoms with Crippen molar-refractivity contribution in [1.82, 2.24) is 5.32 Å². The molecule has 0 aromatic heterocycles. The number of carbonyl (C=O) groups is 2. The molecule has 1 aliphatic rings. The number of ether oxygens (including phenoxy) is 2. The van der Waals surface area contributed by atoms with Crippen LogP contribution in [0.4, 0.5) is 5.69 Å². The number of nitrogens with zero attached hydrogens (tertiary/aromatic N) is 1. The highest BCUT2D eigenvalue weighted by molar-refractivity contribution is 5.98. The van der Waals surface area contributed by atoms with Crippen LogP contribution in [0.5, 0.6) is 0 Å². The van der Waals surface area contributed by atoms with Gasteiger partial charge >= 0.3 is 0 Å². The molecule has 0 unspecified atom stereocenters. The van der Waals surface area contributed by atoms with Crippen LogP contribution in [0.15, 0.2) is 48.5 Å². The number of hydrogen-bond acceptors (Lipinski definition) is 4. The SMILES string of the molecule is CCCOCCOCCNC(=O)CCC(=O)N1Cc2ccccc2/C=C\c2ccccc21. The Balaban J connectivity index is 1.51. The number of benzene rings is 2. The molecule has 2 aromatic rings. The highest BCUT2D eigenvalue weighted by Gasteiger charge is 2.21. The maximum absolute atomic E-state index is 13.1. The fourth-order valence-corrected chi connectivity index (χ4v) is 3.55. The van der Waals surface area contributed by atoms with Gasteiger partial charge in [0.15, 0.2) is 0 Å². The van der Waals surface area contributed by atoms with E-state index in [4.69, 9.17) is 9.47 Å². The first-order chi connectivity index (χ1) is 15.7. The quantitative estimate of drug-likeness (QED) is 0.540. The molecule has 1 heterocycles. The van der Waals surface area contributed by atoms with Crippen LogP contribution in [0.3, 0.4) is 0 Å². The molecule has 1 aliphatic heterocycles. The van der Waals surface area contributed by atoms with Crippen LogP contribution in [-0.2, 0) is 25.6 Å². The van der Waals surface area contributed by atoms with E-state index < -0.39 is 0 Å². The van der Waals surface area contributed by atoms with E-state index in [0.717, 1.165) is 35.4 Å². The normalized spacial score (nSPS) is 13.5. The van der Waals surface area contributed by atoms with Gasteiger partial charge < -0.3 is 19.7 Å². The van der Waals surface area contributed by atoms with Crippen molar-refractivity contribution in [1.29, 1.82) is 0 Å². The number of carbonyl (C=O) groups excluding carboxylic acids is 2. The fourth-order valence-electron chi connectivity index (χ4n) is 3.55. The Kier molecular flexibility index (Phi) is 9.47. The minimum atomic E-state index is -0.148. The number of hydrogen-bond donors (Lipinski definition) is 1. The zero-order chi connectivity index (χ0) is 22.6. The number of rotatable bonds is 11. The van der Waals surface area contributed by atoms with Gasteiger partial charge in [-0.15, -0.1) is 0 Å². The molecule has 0 saturated heterocycles. The first kappa shape index (κ1) is 23.7. The molecule has 1 N–H and O–H groups in total. The molecule has 0 fully saturated rings. The number of para-hydroxylation sites is 1. The lowest BCUT2D eigenvalue weighted by molar-refractivity contribution is -0.125. The molecule has 3 rings (SSSR count). The Bertz CT molecular complexity index is 926. The molecule has 0 saturated carbocycles. The Morgan fingerprint density at radius 1 is 0.875 bits per heavy atom. The summed E-state index contributed by atoms with van der Waals surface area (Å²) in [7, 11) is 0. The summed E-state index contributed by atoms with van der Waals surface area (Å²) in [5.74, 6) is -0.216. The molecule has 0 aliphatic carbocycles. The first-order valence-corrected chi connectivity index (χ1v) is 11.3. The summed E-state index contributed by atoms with van der Waals surface area (Å²) in [6.45, 7) is 5.20. The van der Waals surface area contributed by atoms with Crippen LogP contribution in [0, 0.1) is 0 Å². The van der Waals surface area contributed by atoms with Crippen molar-refractivity contribution in [3.8, 4) is 0 Å². The number of anilines is 1. The van der Waals surface area contributed by atoms with Crippen molar-refractivity contribution in [3.05, 3.63) is 65.2 Å². The van der Waals surface area contributed by atoms with Crippen molar-refractivity contribution in [2.45, 2.75) is 32.7 Å². The van der Waals surface area contributed by atoms with Crippen LogP contribution in [-0.4, -0.2) is 44.8 Å². The molecule has 0 bridgehead atoms. The van der Waals surface area contributed by atoms with E-state index in [2.05, 4.69) is 18.3 Å². The van der Waals surface area contributed by atoms with E-state index in [9.17, 15) is 9.59 Å². The average Bonchev–Trinajstić information content (AvgIpc) is 2.80. The highest BCUT2D eigenvalue weighted by atomic mass is 16.5. The van der Waals surface area contributed by atoms with Gasteiger partial charge in [-0.1, -0.05) is 61.5 Å². The molecular formula is C26H32N2O4. The predicted molar refractivity (Wildman–Crippen MR) is 127 cm³/mol. The van der Waals surface area contributed by atoms with Gasteiger partial charge in [-0.3, -0.25) is 9.59 Å². The average molecular weight is 437 g/mol. The first-order valence-electron chi connectivity index (χ1n) is 11.3. The second kappa shape index (κ2) is 12.8.